The van der Waals surface area contributed by atoms with Crippen LogP contribution in [0.2, 0.25) is 10.3 Å². The molecule has 0 saturated heterocycles. The van der Waals surface area contributed by atoms with Crippen LogP contribution >= 0.6 is 35.0 Å². The van der Waals surface area contributed by atoms with E-state index >= 15 is 0 Å². The van der Waals surface area contributed by atoms with E-state index in [4.69, 9.17) is 23.2 Å². The number of aromatic nitrogens is 4. The summed E-state index contributed by atoms with van der Waals surface area (Å²) in [5.41, 5.74) is 0.625. The second-order valence-electron chi connectivity index (χ2n) is 3.49. The minimum atomic E-state index is 0.191. The monoisotopic (exact) mass is 296 g/mol. The smallest absolute Gasteiger partial charge is 0.225 e. The molecular formula is C11H6Cl2N4S. The Hall–Kier alpha value is -1.30. The molecule has 4 nitrogen and oxygen atoms in total. The maximum Gasteiger partial charge on any atom is 0.225 e. The van der Waals surface area contributed by atoms with Crippen LogP contribution in [0.1, 0.15) is 0 Å². The maximum atomic E-state index is 5.95. The number of nitrogens with one attached hydrogen (secondary N) is 1. The zero-order valence-electron chi connectivity index (χ0n) is 8.89. The normalized spacial score (nSPS) is 11.0. The summed E-state index contributed by atoms with van der Waals surface area (Å²) in [6, 6.07) is 7.54. The molecule has 3 aromatic rings. The van der Waals surface area contributed by atoms with E-state index in [1.165, 1.54) is 11.8 Å². The SMILES string of the molecule is Clc1cccc(Sc2nc(Cl)nc3[nH]ncc23)c1. The van der Waals surface area contributed by atoms with Gasteiger partial charge < -0.3 is 0 Å². The van der Waals surface area contributed by atoms with E-state index in [0.717, 1.165) is 15.3 Å². The van der Waals surface area contributed by atoms with Crippen LogP contribution in [0, 0.1) is 0 Å². The Morgan fingerprint density at radius 3 is 2.89 bits per heavy atom. The van der Waals surface area contributed by atoms with E-state index in [2.05, 4.69) is 20.2 Å². The van der Waals surface area contributed by atoms with Gasteiger partial charge in [-0.15, -0.1) is 0 Å². The highest BCUT2D eigenvalue weighted by Crippen LogP contribution is 2.32. The lowest BCUT2D eigenvalue weighted by atomic mass is 10.4. The Bertz CT molecular complexity index is 713. The minimum Gasteiger partial charge on any atom is -0.261 e. The quantitative estimate of drug-likeness (QED) is 0.577. The number of H-pyrrole nitrogens is 1. The second kappa shape index (κ2) is 4.76. The third-order valence-electron chi connectivity index (χ3n) is 2.26. The summed E-state index contributed by atoms with van der Waals surface area (Å²) < 4.78 is 0. The van der Waals surface area contributed by atoms with Crippen LogP contribution in [0.15, 0.2) is 40.4 Å². The Labute approximate surface area is 117 Å². The zero-order valence-corrected chi connectivity index (χ0v) is 11.2. The minimum absolute atomic E-state index is 0.191. The van der Waals surface area contributed by atoms with Crippen LogP contribution in [0.5, 0.6) is 0 Å². The first-order valence-corrected chi connectivity index (χ1v) is 6.59. The van der Waals surface area contributed by atoms with E-state index in [-0.39, 0.29) is 5.28 Å². The van der Waals surface area contributed by atoms with Gasteiger partial charge in [-0.2, -0.15) is 10.1 Å². The fraction of sp³-hybridized carbons (Fsp3) is 0. The van der Waals surface area contributed by atoms with E-state index in [1.807, 2.05) is 24.3 Å². The number of nitrogens with zero attached hydrogens (tertiary/aromatic N) is 3. The van der Waals surface area contributed by atoms with Crippen LogP contribution < -0.4 is 0 Å². The molecule has 0 aliphatic heterocycles. The molecule has 7 heteroatoms. The van der Waals surface area contributed by atoms with E-state index in [9.17, 15) is 0 Å². The molecule has 90 valence electrons. The van der Waals surface area contributed by atoms with Gasteiger partial charge in [-0.3, -0.25) is 5.10 Å². The van der Waals surface area contributed by atoms with Gasteiger partial charge >= 0.3 is 0 Å². The third-order valence-corrected chi connectivity index (χ3v) is 3.66. The lowest BCUT2D eigenvalue weighted by Crippen LogP contribution is -1.87. The summed E-state index contributed by atoms with van der Waals surface area (Å²) in [4.78, 5) is 9.25. The first-order chi connectivity index (χ1) is 8.72. The number of hydrogen-bond acceptors (Lipinski definition) is 4. The standard InChI is InChI=1S/C11H6Cl2N4S/c12-6-2-1-3-7(4-6)18-10-8-5-14-17-9(8)15-11(13)16-10/h1-5H,(H,14,15,16,17). The number of hydrogen-bond donors (Lipinski definition) is 1. The Balaban J connectivity index is 2.06. The zero-order chi connectivity index (χ0) is 12.5. The number of fused-ring (bicyclic) bond motifs is 1. The van der Waals surface area contributed by atoms with Gasteiger partial charge in [0, 0.05) is 9.92 Å². The molecule has 3 rings (SSSR count). The van der Waals surface area contributed by atoms with Crippen molar-refractivity contribution in [3.63, 3.8) is 0 Å². The van der Waals surface area contributed by atoms with Crippen molar-refractivity contribution < 1.29 is 0 Å². The van der Waals surface area contributed by atoms with Gasteiger partial charge in [-0.1, -0.05) is 29.4 Å². The van der Waals surface area contributed by atoms with Crippen molar-refractivity contribution in [3.05, 3.63) is 40.8 Å². The van der Waals surface area contributed by atoms with Crippen molar-refractivity contribution in [3.8, 4) is 0 Å². The first kappa shape index (κ1) is 11.8. The lowest BCUT2D eigenvalue weighted by molar-refractivity contribution is 1.07. The van der Waals surface area contributed by atoms with E-state index in [1.54, 1.807) is 6.20 Å². The van der Waals surface area contributed by atoms with Crippen molar-refractivity contribution in [2.24, 2.45) is 0 Å². The van der Waals surface area contributed by atoms with Crippen molar-refractivity contribution in [1.82, 2.24) is 20.2 Å². The molecule has 0 fully saturated rings. The largest absolute Gasteiger partial charge is 0.261 e. The molecule has 2 heterocycles. The molecule has 2 aromatic heterocycles. The Kier molecular flexibility index (Phi) is 3.11. The third kappa shape index (κ3) is 2.29. The highest BCUT2D eigenvalue weighted by atomic mass is 35.5. The van der Waals surface area contributed by atoms with Gasteiger partial charge in [-0.25, -0.2) is 4.98 Å². The lowest BCUT2D eigenvalue weighted by Gasteiger charge is -2.02. The number of benzene rings is 1. The van der Waals surface area contributed by atoms with Gasteiger partial charge in [0.05, 0.1) is 11.6 Å². The molecule has 0 atom stereocenters. The number of aromatic amines is 1. The number of rotatable bonds is 2. The van der Waals surface area contributed by atoms with Crippen LogP contribution in [0.4, 0.5) is 0 Å². The van der Waals surface area contributed by atoms with Crippen molar-refractivity contribution in [1.29, 1.82) is 0 Å². The molecule has 0 amide bonds. The van der Waals surface area contributed by atoms with Gasteiger partial charge in [-0.05, 0) is 29.8 Å². The van der Waals surface area contributed by atoms with Crippen LogP contribution in [-0.2, 0) is 0 Å². The summed E-state index contributed by atoms with van der Waals surface area (Å²) in [6.07, 6.45) is 1.68. The first-order valence-electron chi connectivity index (χ1n) is 5.02. The van der Waals surface area contributed by atoms with Gasteiger partial charge in [0.2, 0.25) is 5.28 Å². The van der Waals surface area contributed by atoms with Crippen LogP contribution in [0.25, 0.3) is 11.0 Å². The number of halogens is 2. The maximum absolute atomic E-state index is 5.95. The molecule has 0 aliphatic carbocycles. The molecule has 0 spiro atoms. The summed E-state index contributed by atoms with van der Waals surface area (Å²) >= 11 is 13.3. The average Bonchev–Trinajstić information content (AvgIpc) is 2.77. The highest BCUT2D eigenvalue weighted by molar-refractivity contribution is 7.99. The fourth-order valence-corrected chi connectivity index (χ4v) is 2.92. The molecular weight excluding hydrogens is 291 g/mol. The van der Waals surface area contributed by atoms with Crippen LogP contribution in [-0.4, -0.2) is 20.2 Å². The van der Waals surface area contributed by atoms with Gasteiger partial charge in [0.25, 0.3) is 0 Å². The Morgan fingerprint density at radius 1 is 1.17 bits per heavy atom. The van der Waals surface area contributed by atoms with Crippen molar-refractivity contribution >= 4 is 46.0 Å². The topological polar surface area (TPSA) is 54.5 Å². The van der Waals surface area contributed by atoms with Crippen molar-refractivity contribution in [2.75, 3.05) is 0 Å². The van der Waals surface area contributed by atoms with Gasteiger partial charge in [0.1, 0.15) is 5.03 Å². The molecule has 0 aliphatic rings. The summed E-state index contributed by atoms with van der Waals surface area (Å²) in [6.45, 7) is 0. The van der Waals surface area contributed by atoms with Gasteiger partial charge in [0.15, 0.2) is 5.65 Å². The predicted molar refractivity (Wildman–Crippen MR) is 72.3 cm³/mol. The Morgan fingerprint density at radius 2 is 2.06 bits per heavy atom. The summed E-state index contributed by atoms with van der Waals surface area (Å²) in [7, 11) is 0. The van der Waals surface area contributed by atoms with Crippen LogP contribution in [0.3, 0.4) is 0 Å². The molecule has 18 heavy (non-hydrogen) atoms. The molecule has 0 unspecified atom stereocenters. The van der Waals surface area contributed by atoms with E-state index < -0.39 is 0 Å². The average molecular weight is 297 g/mol. The molecule has 0 bridgehead atoms. The fourth-order valence-electron chi connectivity index (χ4n) is 1.50. The predicted octanol–water partition coefficient (Wildman–Crippen LogP) is 3.81. The summed E-state index contributed by atoms with van der Waals surface area (Å²) in [5, 5.41) is 9.17. The molecule has 0 radical (unpaired) electrons. The van der Waals surface area contributed by atoms with E-state index in [0.29, 0.717) is 10.7 Å². The van der Waals surface area contributed by atoms with Crippen molar-refractivity contribution in [2.45, 2.75) is 9.92 Å². The highest BCUT2D eigenvalue weighted by Gasteiger charge is 2.10. The molecule has 0 saturated carbocycles. The molecule has 1 N–H and O–H groups in total. The summed E-state index contributed by atoms with van der Waals surface area (Å²) in [5.74, 6) is 0. The second-order valence-corrected chi connectivity index (χ2v) is 5.33. The molecule has 1 aromatic carbocycles.